The molecule has 8 heteroatoms. The first-order valence-electron chi connectivity index (χ1n) is 11.3. The highest BCUT2D eigenvalue weighted by Crippen LogP contribution is 2.36. The lowest BCUT2D eigenvalue weighted by atomic mass is 10.0. The molecule has 0 bridgehead atoms. The van der Waals surface area contributed by atoms with E-state index in [2.05, 4.69) is 0 Å². The maximum absolute atomic E-state index is 13.3. The molecule has 0 aliphatic heterocycles. The van der Waals surface area contributed by atoms with Crippen LogP contribution in [-0.4, -0.2) is 27.1 Å². The zero-order valence-electron chi connectivity index (χ0n) is 19.3. The van der Waals surface area contributed by atoms with Crippen LogP contribution in [-0.2, 0) is 36.8 Å². The number of carbonyl (C=O) groups is 2. The van der Waals surface area contributed by atoms with Crippen LogP contribution in [0.4, 0.5) is 0 Å². The third-order valence-corrected chi connectivity index (χ3v) is 7.04. The summed E-state index contributed by atoms with van der Waals surface area (Å²) in [6, 6.07) is 20.2. The minimum absolute atomic E-state index is 0.0355. The Morgan fingerprint density at radius 1 is 0.829 bits per heavy atom. The van der Waals surface area contributed by atoms with E-state index in [4.69, 9.17) is 13.7 Å². The van der Waals surface area contributed by atoms with Gasteiger partial charge < -0.3 is 9.47 Å². The van der Waals surface area contributed by atoms with E-state index in [1.54, 1.807) is 66.7 Å². The molecule has 3 aromatic carbocycles. The number of aryl methyl sites for hydroxylation is 1. The van der Waals surface area contributed by atoms with E-state index in [1.807, 2.05) is 13.0 Å². The van der Waals surface area contributed by atoms with Crippen LogP contribution in [0.25, 0.3) is 0 Å². The van der Waals surface area contributed by atoms with Crippen LogP contribution in [0.3, 0.4) is 0 Å². The zero-order valence-corrected chi connectivity index (χ0v) is 20.1. The van der Waals surface area contributed by atoms with Gasteiger partial charge in [0.25, 0.3) is 0 Å². The van der Waals surface area contributed by atoms with E-state index in [1.165, 1.54) is 0 Å². The molecule has 0 saturated heterocycles. The van der Waals surface area contributed by atoms with E-state index in [0.717, 1.165) is 18.4 Å². The van der Waals surface area contributed by atoms with E-state index in [9.17, 15) is 18.0 Å². The summed E-state index contributed by atoms with van der Waals surface area (Å²) in [6.45, 7) is 0.850. The van der Waals surface area contributed by atoms with Crippen LogP contribution in [0, 0.1) is 12.8 Å². The molecule has 0 atom stereocenters. The van der Waals surface area contributed by atoms with Gasteiger partial charge in [0.15, 0.2) is 0 Å². The van der Waals surface area contributed by atoms with Crippen LogP contribution in [0.15, 0.2) is 77.7 Å². The van der Waals surface area contributed by atoms with Gasteiger partial charge >= 0.3 is 22.1 Å². The van der Waals surface area contributed by atoms with Crippen molar-refractivity contribution >= 4 is 22.1 Å². The lowest BCUT2D eigenvalue weighted by Crippen LogP contribution is -2.18. The fourth-order valence-corrected chi connectivity index (χ4v) is 4.99. The summed E-state index contributed by atoms with van der Waals surface area (Å²) in [5, 5.41) is 0. The first kappa shape index (κ1) is 24.6. The number of benzene rings is 3. The molecule has 1 aliphatic carbocycles. The number of rotatable bonds is 10. The summed E-state index contributed by atoms with van der Waals surface area (Å²) in [7, 11) is -4.32. The highest BCUT2D eigenvalue weighted by molar-refractivity contribution is 7.86. The molecular weight excluding hydrogens is 468 g/mol. The number of carbonyl (C=O) groups excluding carboxylic acids is 2. The molecule has 7 nitrogen and oxygen atoms in total. The normalized spacial score (nSPS) is 13.3. The monoisotopic (exact) mass is 494 g/mol. The zero-order chi connectivity index (χ0) is 24.8. The molecule has 3 aromatic rings. The topological polar surface area (TPSA) is 96.0 Å². The molecule has 0 aromatic heterocycles. The Labute approximate surface area is 204 Å². The fraction of sp³-hybridized carbons (Fsp3) is 0.259. The van der Waals surface area contributed by atoms with Crippen molar-refractivity contribution < 1.29 is 31.7 Å². The second-order valence-electron chi connectivity index (χ2n) is 8.49. The lowest BCUT2D eigenvalue weighted by molar-refractivity contribution is 0.0174. The summed E-state index contributed by atoms with van der Waals surface area (Å²) < 4.78 is 42.1. The van der Waals surface area contributed by atoms with Crippen molar-refractivity contribution in [3.63, 3.8) is 0 Å². The van der Waals surface area contributed by atoms with E-state index in [-0.39, 0.29) is 17.1 Å². The highest BCUT2D eigenvalue weighted by atomic mass is 32.2. The van der Waals surface area contributed by atoms with Crippen molar-refractivity contribution in [1.29, 1.82) is 0 Å². The van der Waals surface area contributed by atoms with Gasteiger partial charge in [0.1, 0.15) is 11.5 Å². The van der Waals surface area contributed by atoms with Gasteiger partial charge in [-0.05, 0) is 61.9 Å². The number of esters is 2. The molecule has 0 spiro atoms. The van der Waals surface area contributed by atoms with Crippen molar-refractivity contribution in [2.75, 3.05) is 6.79 Å². The van der Waals surface area contributed by atoms with E-state index >= 15 is 0 Å². The third kappa shape index (κ3) is 6.55. The van der Waals surface area contributed by atoms with Crippen LogP contribution in [0.1, 0.15) is 50.2 Å². The largest absolute Gasteiger partial charge is 0.457 e. The standard InChI is InChI=1S/C27H26O7S/c1-19-14-23(16-20-12-13-20)25(24(15-19)17-32-26(28)21-8-4-2-5-9-21)35(30,31)34-18-33-27(29)22-10-6-3-7-11-22/h2-11,14-15,20H,12-13,16-18H2,1H3. The molecule has 4 rings (SSSR count). The van der Waals surface area contributed by atoms with Gasteiger partial charge in [-0.25, -0.2) is 13.8 Å². The summed E-state index contributed by atoms with van der Waals surface area (Å²) in [6.07, 6.45) is 2.63. The first-order valence-corrected chi connectivity index (χ1v) is 12.7. The fourth-order valence-electron chi connectivity index (χ4n) is 3.80. The maximum Gasteiger partial charge on any atom is 0.340 e. The lowest BCUT2D eigenvalue weighted by Gasteiger charge is -2.17. The maximum atomic E-state index is 13.3. The second-order valence-corrected chi connectivity index (χ2v) is 10.0. The number of hydrogen-bond acceptors (Lipinski definition) is 7. The van der Waals surface area contributed by atoms with Gasteiger partial charge in [0.05, 0.1) is 11.1 Å². The Kier molecular flexibility index (Phi) is 7.63. The van der Waals surface area contributed by atoms with Crippen LogP contribution in [0.5, 0.6) is 0 Å². The first-order chi connectivity index (χ1) is 16.8. The minimum atomic E-state index is -4.32. The van der Waals surface area contributed by atoms with Gasteiger partial charge in [-0.1, -0.05) is 54.1 Å². The van der Waals surface area contributed by atoms with Crippen molar-refractivity contribution in [1.82, 2.24) is 0 Å². The molecule has 0 amide bonds. The van der Waals surface area contributed by atoms with E-state index in [0.29, 0.717) is 29.0 Å². The van der Waals surface area contributed by atoms with Crippen LogP contribution < -0.4 is 0 Å². The van der Waals surface area contributed by atoms with Gasteiger partial charge in [0, 0.05) is 5.56 Å². The summed E-state index contributed by atoms with van der Waals surface area (Å²) >= 11 is 0. The predicted molar refractivity (Wildman–Crippen MR) is 128 cm³/mol. The van der Waals surface area contributed by atoms with E-state index < -0.39 is 28.8 Å². The Balaban J connectivity index is 1.54. The van der Waals surface area contributed by atoms with Crippen molar-refractivity contribution in [3.8, 4) is 0 Å². The molecule has 1 saturated carbocycles. The SMILES string of the molecule is Cc1cc(COC(=O)c2ccccc2)c(S(=O)(=O)OCOC(=O)c2ccccc2)c(CC2CC2)c1. The summed E-state index contributed by atoms with van der Waals surface area (Å²) in [4.78, 5) is 24.6. The van der Waals surface area contributed by atoms with Crippen molar-refractivity contribution in [2.45, 2.75) is 37.7 Å². The molecule has 182 valence electrons. The quantitative estimate of drug-likeness (QED) is 0.226. The molecule has 1 fully saturated rings. The average molecular weight is 495 g/mol. The summed E-state index contributed by atoms with van der Waals surface area (Å²) in [5.41, 5.74) is 2.42. The Hall–Kier alpha value is -3.49. The van der Waals surface area contributed by atoms with Gasteiger partial charge in [-0.15, -0.1) is 0 Å². The Morgan fingerprint density at radius 3 is 1.94 bits per heavy atom. The minimum Gasteiger partial charge on any atom is -0.457 e. The molecule has 0 radical (unpaired) electrons. The molecule has 1 aliphatic rings. The Morgan fingerprint density at radius 2 is 1.37 bits per heavy atom. The van der Waals surface area contributed by atoms with Gasteiger partial charge in [0.2, 0.25) is 6.79 Å². The third-order valence-electron chi connectivity index (χ3n) is 5.61. The van der Waals surface area contributed by atoms with Crippen molar-refractivity contribution in [2.24, 2.45) is 5.92 Å². The molecule has 0 N–H and O–H groups in total. The number of ether oxygens (including phenoxy) is 2. The Bertz CT molecular complexity index is 1300. The van der Waals surface area contributed by atoms with Crippen molar-refractivity contribution in [3.05, 3.63) is 101 Å². The summed E-state index contributed by atoms with van der Waals surface area (Å²) in [5.74, 6) is -0.849. The van der Waals surface area contributed by atoms with Crippen LogP contribution in [0.2, 0.25) is 0 Å². The van der Waals surface area contributed by atoms with Gasteiger partial charge in [-0.3, -0.25) is 0 Å². The van der Waals surface area contributed by atoms with Crippen LogP contribution >= 0.6 is 0 Å². The molecule has 0 unspecified atom stereocenters. The smallest absolute Gasteiger partial charge is 0.340 e. The average Bonchev–Trinajstić information content (AvgIpc) is 3.67. The second kappa shape index (κ2) is 10.8. The molecule has 0 heterocycles. The predicted octanol–water partition coefficient (Wildman–Crippen LogP) is 4.82. The highest BCUT2D eigenvalue weighted by Gasteiger charge is 2.30. The number of hydrogen-bond donors (Lipinski definition) is 0. The van der Waals surface area contributed by atoms with Gasteiger partial charge in [-0.2, -0.15) is 8.42 Å². The molecular formula is C27H26O7S. The molecule has 35 heavy (non-hydrogen) atoms.